The first-order valence-corrected chi connectivity index (χ1v) is 10.6. The van der Waals surface area contributed by atoms with E-state index in [2.05, 4.69) is 20.3 Å². The number of nitrogens with zero attached hydrogens (tertiary/aromatic N) is 4. The summed E-state index contributed by atoms with van der Waals surface area (Å²) in [7, 11) is 0. The number of aliphatic imine (C=N–C) groups is 1. The molecule has 10 heteroatoms. The number of aryl methyl sites for hydroxylation is 2. The summed E-state index contributed by atoms with van der Waals surface area (Å²) in [6, 6.07) is 5.44. The maximum atomic E-state index is 12.7. The Labute approximate surface area is 204 Å². The molecule has 2 aromatic rings. The van der Waals surface area contributed by atoms with Gasteiger partial charge in [-0.2, -0.15) is 13.2 Å². The van der Waals surface area contributed by atoms with Crippen LogP contribution in [0.2, 0.25) is 0 Å². The average molecular weight is 565 g/mol. The van der Waals surface area contributed by atoms with E-state index in [0.29, 0.717) is 13.1 Å². The van der Waals surface area contributed by atoms with E-state index < -0.39 is 11.7 Å². The van der Waals surface area contributed by atoms with Crippen molar-refractivity contribution in [3.05, 3.63) is 52.4 Å². The van der Waals surface area contributed by atoms with Crippen molar-refractivity contribution in [1.82, 2.24) is 20.3 Å². The van der Waals surface area contributed by atoms with Crippen LogP contribution in [-0.4, -0.2) is 60.2 Å². The Morgan fingerprint density at radius 2 is 1.78 bits per heavy atom. The quantitative estimate of drug-likeness (QED) is 0.323. The predicted octanol–water partition coefficient (Wildman–Crippen LogP) is 4.25. The molecule has 0 amide bonds. The zero-order valence-electron chi connectivity index (χ0n) is 18.7. The van der Waals surface area contributed by atoms with Gasteiger partial charge in [0, 0.05) is 51.4 Å². The Morgan fingerprint density at radius 3 is 2.31 bits per heavy atom. The lowest BCUT2D eigenvalue weighted by atomic mass is 10.1. The molecule has 1 N–H and O–H groups in total. The molecule has 1 aromatic heterocycles. The summed E-state index contributed by atoms with van der Waals surface area (Å²) >= 11 is 0. The van der Waals surface area contributed by atoms with Crippen molar-refractivity contribution in [3.8, 4) is 0 Å². The summed E-state index contributed by atoms with van der Waals surface area (Å²) in [6.45, 7) is 11.3. The molecule has 1 aromatic carbocycles. The van der Waals surface area contributed by atoms with Crippen molar-refractivity contribution < 1.29 is 17.7 Å². The highest BCUT2D eigenvalue weighted by molar-refractivity contribution is 14.0. The van der Waals surface area contributed by atoms with Gasteiger partial charge in [-0.05, 0) is 44.9 Å². The topological polar surface area (TPSA) is 56.9 Å². The summed E-state index contributed by atoms with van der Waals surface area (Å²) in [5, 5.41) is 7.35. The van der Waals surface area contributed by atoms with E-state index in [-0.39, 0.29) is 24.0 Å². The number of hydrogen-bond donors (Lipinski definition) is 1. The van der Waals surface area contributed by atoms with Crippen LogP contribution >= 0.6 is 24.0 Å². The van der Waals surface area contributed by atoms with E-state index in [4.69, 9.17) is 9.52 Å². The van der Waals surface area contributed by atoms with Gasteiger partial charge in [0.1, 0.15) is 5.76 Å². The van der Waals surface area contributed by atoms with Crippen LogP contribution in [0.4, 0.5) is 13.2 Å². The first-order valence-electron chi connectivity index (χ1n) is 10.6. The number of halogens is 4. The summed E-state index contributed by atoms with van der Waals surface area (Å²) in [6.07, 6.45) is -3.51. The predicted molar refractivity (Wildman–Crippen MR) is 129 cm³/mol. The zero-order valence-corrected chi connectivity index (χ0v) is 21.0. The number of piperazine rings is 1. The molecule has 1 fully saturated rings. The van der Waals surface area contributed by atoms with Gasteiger partial charge in [-0.15, -0.1) is 24.0 Å². The summed E-state index contributed by atoms with van der Waals surface area (Å²) < 4.78 is 43.4. The van der Waals surface area contributed by atoms with E-state index in [1.807, 2.05) is 20.8 Å². The SMILES string of the molecule is CCNC(=NCCc1c(C)noc1C)N1CCN(Cc2ccc(C(F)(F)F)cc2)CC1.I. The normalized spacial score (nSPS) is 15.6. The first kappa shape index (κ1) is 26.4. The molecule has 1 aliphatic heterocycles. The fourth-order valence-corrected chi connectivity index (χ4v) is 3.73. The lowest BCUT2D eigenvalue weighted by Crippen LogP contribution is -2.52. The molecule has 3 rings (SSSR count). The third kappa shape index (κ3) is 7.09. The van der Waals surface area contributed by atoms with Crippen LogP contribution in [-0.2, 0) is 19.1 Å². The highest BCUT2D eigenvalue weighted by Gasteiger charge is 2.30. The van der Waals surface area contributed by atoms with Gasteiger partial charge in [0.2, 0.25) is 0 Å². The minimum Gasteiger partial charge on any atom is -0.361 e. The Kier molecular flexibility index (Phi) is 9.81. The minimum absolute atomic E-state index is 0. The molecule has 0 spiro atoms. The minimum atomic E-state index is -4.29. The van der Waals surface area contributed by atoms with Gasteiger partial charge in [0.25, 0.3) is 0 Å². The maximum Gasteiger partial charge on any atom is 0.416 e. The summed E-state index contributed by atoms with van der Waals surface area (Å²) in [5.41, 5.74) is 2.31. The number of benzene rings is 1. The Bertz CT molecular complexity index is 855. The van der Waals surface area contributed by atoms with Crippen molar-refractivity contribution >= 4 is 29.9 Å². The van der Waals surface area contributed by atoms with Crippen molar-refractivity contribution in [3.63, 3.8) is 0 Å². The van der Waals surface area contributed by atoms with E-state index in [0.717, 1.165) is 79.8 Å². The average Bonchev–Trinajstić information content (AvgIpc) is 3.05. The molecule has 32 heavy (non-hydrogen) atoms. The standard InChI is InChI=1S/C22H30F3N5O.HI/c1-4-26-21(27-10-9-20-16(2)28-31-17(20)3)30-13-11-29(12-14-30)15-18-5-7-19(8-6-18)22(23,24)25;/h5-8H,4,9-15H2,1-3H3,(H,26,27);1H. The lowest BCUT2D eigenvalue weighted by Gasteiger charge is -2.36. The fraction of sp³-hybridized carbons (Fsp3) is 0.545. The van der Waals surface area contributed by atoms with Gasteiger partial charge in [0.15, 0.2) is 5.96 Å². The molecule has 0 bridgehead atoms. The second-order valence-corrected chi connectivity index (χ2v) is 7.75. The van der Waals surface area contributed by atoms with E-state index in [9.17, 15) is 13.2 Å². The number of guanidine groups is 1. The smallest absolute Gasteiger partial charge is 0.361 e. The van der Waals surface area contributed by atoms with Crippen LogP contribution in [0.15, 0.2) is 33.8 Å². The van der Waals surface area contributed by atoms with E-state index in [1.54, 1.807) is 12.1 Å². The molecule has 0 unspecified atom stereocenters. The zero-order chi connectivity index (χ0) is 22.4. The van der Waals surface area contributed by atoms with Gasteiger partial charge in [-0.3, -0.25) is 9.89 Å². The van der Waals surface area contributed by atoms with Crippen molar-refractivity contribution in [1.29, 1.82) is 0 Å². The third-order valence-electron chi connectivity index (χ3n) is 5.50. The van der Waals surface area contributed by atoms with Gasteiger partial charge in [-0.1, -0.05) is 17.3 Å². The fourth-order valence-electron chi connectivity index (χ4n) is 3.73. The van der Waals surface area contributed by atoms with Crippen molar-refractivity contribution in [2.24, 2.45) is 4.99 Å². The Hall–Kier alpha value is -1.82. The van der Waals surface area contributed by atoms with Crippen LogP contribution in [0.1, 0.15) is 35.1 Å². The first-order chi connectivity index (χ1) is 14.8. The lowest BCUT2D eigenvalue weighted by molar-refractivity contribution is -0.137. The second kappa shape index (κ2) is 11.9. The highest BCUT2D eigenvalue weighted by Crippen LogP contribution is 2.29. The number of alkyl halides is 3. The van der Waals surface area contributed by atoms with Gasteiger partial charge < -0.3 is 14.7 Å². The Balaban J connectivity index is 0.00000363. The third-order valence-corrected chi connectivity index (χ3v) is 5.50. The molecular formula is C22H31F3IN5O. The van der Waals surface area contributed by atoms with Crippen LogP contribution in [0.3, 0.4) is 0 Å². The molecule has 178 valence electrons. The monoisotopic (exact) mass is 565 g/mol. The molecule has 0 saturated carbocycles. The number of aromatic nitrogens is 1. The molecule has 1 aliphatic rings. The molecule has 1 saturated heterocycles. The highest BCUT2D eigenvalue weighted by atomic mass is 127. The van der Waals surface area contributed by atoms with Crippen LogP contribution in [0.25, 0.3) is 0 Å². The number of nitrogens with one attached hydrogen (secondary N) is 1. The molecular weight excluding hydrogens is 534 g/mol. The molecule has 6 nitrogen and oxygen atoms in total. The molecule has 0 atom stereocenters. The number of hydrogen-bond acceptors (Lipinski definition) is 4. The van der Waals surface area contributed by atoms with Gasteiger partial charge >= 0.3 is 6.18 Å². The van der Waals surface area contributed by atoms with Crippen molar-refractivity contribution in [2.75, 3.05) is 39.3 Å². The molecule has 0 radical (unpaired) electrons. The van der Waals surface area contributed by atoms with E-state index >= 15 is 0 Å². The van der Waals surface area contributed by atoms with Crippen LogP contribution < -0.4 is 5.32 Å². The largest absolute Gasteiger partial charge is 0.416 e. The second-order valence-electron chi connectivity index (χ2n) is 7.75. The van der Waals surface area contributed by atoms with Crippen LogP contribution in [0.5, 0.6) is 0 Å². The van der Waals surface area contributed by atoms with Gasteiger partial charge in [0.05, 0.1) is 11.3 Å². The van der Waals surface area contributed by atoms with Gasteiger partial charge in [-0.25, -0.2) is 0 Å². The molecule has 0 aliphatic carbocycles. The molecule has 2 heterocycles. The van der Waals surface area contributed by atoms with Crippen molar-refractivity contribution in [2.45, 2.75) is 39.9 Å². The summed E-state index contributed by atoms with van der Waals surface area (Å²) in [5.74, 6) is 1.73. The summed E-state index contributed by atoms with van der Waals surface area (Å²) in [4.78, 5) is 9.27. The Morgan fingerprint density at radius 1 is 1.12 bits per heavy atom. The number of rotatable bonds is 6. The maximum absolute atomic E-state index is 12.7. The van der Waals surface area contributed by atoms with Crippen LogP contribution in [0, 0.1) is 13.8 Å². The van der Waals surface area contributed by atoms with E-state index in [1.165, 1.54) is 0 Å².